The average molecular weight is 415 g/mol. The van der Waals surface area contributed by atoms with Crippen molar-refractivity contribution in [3.63, 3.8) is 0 Å². The van der Waals surface area contributed by atoms with Gasteiger partial charge in [0.1, 0.15) is 5.75 Å². The van der Waals surface area contributed by atoms with Crippen LogP contribution in [0, 0.1) is 0 Å². The summed E-state index contributed by atoms with van der Waals surface area (Å²) in [6.07, 6.45) is 0. The number of anilines is 1. The molecule has 28 heavy (non-hydrogen) atoms. The number of methoxy groups -OCH3 is 1. The Kier molecular flexibility index (Phi) is 6.46. The van der Waals surface area contributed by atoms with Crippen molar-refractivity contribution in [3.05, 3.63) is 81.0 Å². The fraction of sp³-hybridized carbons (Fsp3) is 0.143. The van der Waals surface area contributed by atoms with Crippen LogP contribution in [0.2, 0.25) is 5.02 Å². The van der Waals surface area contributed by atoms with Crippen LogP contribution < -0.4 is 15.4 Å². The fourth-order valence-electron chi connectivity index (χ4n) is 2.75. The van der Waals surface area contributed by atoms with Gasteiger partial charge >= 0.3 is 0 Å². The zero-order valence-electron chi connectivity index (χ0n) is 15.2. The molecular weight excluding hydrogens is 396 g/mol. The topological polar surface area (TPSA) is 72.6 Å². The molecular formula is C21H19ClN2O3S. The van der Waals surface area contributed by atoms with Crippen LogP contribution in [0.15, 0.2) is 60.0 Å². The Bertz CT molecular complexity index is 968. The number of thiophene rings is 1. The molecule has 1 heterocycles. The first-order valence-corrected chi connectivity index (χ1v) is 9.80. The molecule has 0 unspecified atom stereocenters. The van der Waals surface area contributed by atoms with E-state index in [0.29, 0.717) is 27.7 Å². The molecule has 2 N–H and O–H groups in total. The van der Waals surface area contributed by atoms with E-state index in [1.54, 1.807) is 47.7 Å². The third kappa shape index (κ3) is 4.42. The molecule has 0 aliphatic carbocycles. The van der Waals surface area contributed by atoms with Crippen LogP contribution >= 0.6 is 22.9 Å². The molecule has 0 saturated heterocycles. The van der Waals surface area contributed by atoms with E-state index in [-0.39, 0.29) is 18.2 Å². The van der Waals surface area contributed by atoms with Gasteiger partial charge in [-0.3, -0.25) is 9.59 Å². The summed E-state index contributed by atoms with van der Waals surface area (Å²) in [5.41, 5.74) is 7.59. The van der Waals surface area contributed by atoms with Crippen LogP contribution in [0.4, 0.5) is 5.69 Å². The third-order valence-electron chi connectivity index (χ3n) is 4.22. The monoisotopic (exact) mass is 414 g/mol. The van der Waals surface area contributed by atoms with Crippen LogP contribution in [0.3, 0.4) is 0 Å². The quantitative estimate of drug-likeness (QED) is 0.590. The maximum atomic E-state index is 13.0. The Balaban J connectivity index is 1.93. The normalized spacial score (nSPS) is 10.5. The summed E-state index contributed by atoms with van der Waals surface area (Å²) in [7, 11) is 1.60. The predicted molar refractivity (Wildman–Crippen MR) is 112 cm³/mol. The molecule has 0 radical (unpaired) electrons. The number of halogens is 1. The standard InChI is InChI=1S/C21H19ClN2O3S/c1-27-17-8-2-14(3-9-17)13-24(19(25)12-23)18-10-11-28-21(18)20(26)15-4-6-16(22)7-5-15/h2-11H,12-13,23H2,1H3. The molecule has 144 valence electrons. The molecule has 0 saturated carbocycles. The maximum Gasteiger partial charge on any atom is 0.241 e. The van der Waals surface area contributed by atoms with Gasteiger partial charge in [-0.25, -0.2) is 0 Å². The van der Waals surface area contributed by atoms with Crippen LogP contribution in [0.5, 0.6) is 5.75 Å². The number of amides is 1. The van der Waals surface area contributed by atoms with Gasteiger partial charge in [0.15, 0.2) is 0 Å². The lowest BCUT2D eigenvalue weighted by molar-refractivity contribution is -0.117. The number of hydrogen-bond acceptors (Lipinski definition) is 5. The van der Waals surface area contributed by atoms with Crippen LogP contribution in [0.1, 0.15) is 20.8 Å². The summed E-state index contributed by atoms with van der Waals surface area (Å²) in [5, 5.41) is 2.35. The number of carbonyl (C=O) groups is 2. The summed E-state index contributed by atoms with van der Waals surface area (Å²) in [5.74, 6) is 0.306. The average Bonchev–Trinajstić information content (AvgIpc) is 3.21. The lowest BCUT2D eigenvalue weighted by atomic mass is 10.1. The number of hydrogen-bond donors (Lipinski definition) is 1. The van der Waals surface area contributed by atoms with Gasteiger partial charge in [-0.05, 0) is 53.4 Å². The number of ether oxygens (including phenoxy) is 1. The Morgan fingerprint density at radius 3 is 2.36 bits per heavy atom. The predicted octanol–water partition coefficient (Wildman–Crippen LogP) is 4.13. The minimum absolute atomic E-state index is 0.152. The van der Waals surface area contributed by atoms with E-state index >= 15 is 0 Å². The lowest BCUT2D eigenvalue weighted by Crippen LogP contribution is -2.36. The van der Waals surface area contributed by atoms with Crippen LogP contribution in [-0.4, -0.2) is 25.3 Å². The highest BCUT2D eigenvalue weighted by molar-refractivity contribution is 7.13. The SMILES string of the molecule is COc1ccc(CN(C(=O)CN)c2ccsc2C(=O)c2ccc(Cl)cc2)cc1. The number of nitrogens with zero attached hydrogens (tertiary/aromatic N) is 1. The number of ketones is 1. The van der Waals surface area contributed by atoms with Crippen molar-refractivity contribution in [2.45, 2.75) is 6.54 Å². The molecule has 3 aromatic rings. The fourth-order valence-corrected chi connectivity index (χ4v) is 3.73. The molecule has 7 heteroatoms. The molecule has 0 aliphatic rings. The Morgan fingerprint density at radius 2 is 1.75 bits per heavy atom. The highest BCUT2D eigenvalue weighted by Crippen LogP contribution is 2.30. The van der Waals surface area contributed by atoms with Crippen molar-refractivity contribution in [1.82, 2.24) is 0 Å². The van der Waals surface area contributed by atoms with E-state index < -0.39 is 0 Å². The van der Waals surface area contributed by atoms with E-state index in [4.69, 9.17) is 22.1 Å². The van der Waals surface area contributed by atoms with Gasteiger partial charge in [0, 0.05) is 10.6 Å². The van der Waals surface area contributed by atoms with Crippen molar-refractivity contribution in [3.8, 4) is 5.75 Å². The molecule has 0 bridgehead atoms. The molecule has 0 spiro atoms. The van der Waals surface area contributed by atoms with Crippen molar-refractivity contribution in [1.29, 1.82) is 0 Å². The van der Waals surface area contributed by atoms with Crippen molar-refractivity contribution < 1.29 is 14.3 Å². The van der Waals surface area contributed by atoms with Crippen molar-refractivity contribution in [2.75, 3.05) is 18.6 Å². The molecule has 5 nitrogen and oxygen atoms in total. The van der Waals surface area contributed by atoms with Gasteiger partial charge < -0.3 is 15.4 Å². The molecule has 0 aliphatic heterocycles. The number of carbonyl (C=O) groups excluding carboxylic acids is 2. The van der Waals surface area contributed by atoms with E-state index in [1.807, 2.05) is 24.3 Å². The maximum absolute atomic E-state index is 13.0. The molecule has 0 atom stereocenters. The van der Waals surface area contributed by atoms with E-state index in [0.717, 1.165) is 11.3 Å². The van der Waals surface area contributed by atoms with Crippen molar-refractivity contribution in [2.24, 2.45) is 5.73 Å². The van der Waals surface area contributed by atoms with E-state index in [9.17, 15) is 9.59 Å². The van der Waals surface area contributed by atoms with Gasteiger partial charge in [-0.1, -0.05) is 23.7 Å². The number of rotatable bonds is 7. The Morgan fingerprint density at radius 1 is 1.07 bits per heavy atom. The summed E-state index contributed by atoms with van der Waals surface area (Å²) >= 11 is 7.20. The minimum atomic E-state index is -0.264. The summed E-state index contributed by atoms with van der Waals surface area (Å²) in [4.78, 5) is 27.5. The smallest absolute Gasteiger partial charge is 0.241 e. The Hall–Kier alpha value is -2.67. The molecule has 2 aromatic carbocycles. The largest absolute Gasteiger partial charge is 0.497 e. The second-order valence-corrected chi connectivity index (χ2v) is 7.36. The summed E-state index contributed by atoms with van der Waals surface area (Å²) in [6, 6.07) is 15.9. The summed E-state index contributed by atoms with van der Waals surface area (Å²) < 4.78 is 5.17. The molecule has 0 fully saturated rings. The minimum Gasteiger partial charge on any atom is -0.497 e. The lowest BCUT2D eigenvalue weighted by Gasteiger charge is -2.22. The molecule has 1 amide bonds. The first-order chi connectivity index (χ1) is 13.5. The highest BCUT2D eigenvalue weighted by atomic mass is 35.5. The van der Waals surface area contributed by atoms with E-state index in [1.165, 1.54) is 11.3 Å². The number of nitrogens with two attached hydrogens (primary N) is 1. The zero-order chi connectivity index (χ0) is 20.1. The highest BCUT2D eigenvalue weighted by Gasteiger charge is 2.23. The first-order valence-electron chi connectivity index (χ1n) is 8.54. The zero-order valence-corrected chi connectivity index (χ0v) is 16.8. The van der Waals surface area contributed by atoms with E-state index in [2.05, 4.69) is 0 Å². The Labute approximate surface area is 172 Å². The molecule has 1 aromatic heterocycles. The van der Waals surface area contributed by atoms with Gasteiger partial charge in [-0.15, -0.1) is 11.3 Å². The molecule has 3 rings (SSSR count). The van der Waals surface area contributed by atoms with Crippen molar-refractivity contribution >= 4 is 40.3 Å². The van der Waals surface area contributed by atoms with Crippen LogP contribution in [-0.2, 0) is 11.3 Å². The van der Waals surface area contributed by atoms with Gasteiger partial charge in [0.05, 0.1) is 30.8 Å². The third-order valence-corrected chi connectivity index (χ3v) is 5.38. The number of benzene rings is 2. The first kappa shape index (κ1) is 20.1. The second-order valence-electron chi connectivity index (χ2n) is 6.00. The van der Waals surface area contributed by atoms with Gasteiger partial charge in [0.25, 0.3) is 0 Å². The second kappa shape index (κ2) is 9.01. The van der Waals surface area contributed by atoms with Crippen LogP contribution in [0.25, 0.3) is 0 Å². The summed E-state index contributed by atoms with van der Waals surface area (Å²) in [6.45, 7) is 0.151. The van der Waals surface area contributed by atoms with Gasteiger partial charge in [-0.2, -0.15) is 0 Å². The van der Waals surface area contributed by atoms with Gasteiger partial charge in [0.2, 0.25) is 11.7 Å².